The van der Waals surface area contributed by atoms with E-state index in [0.29, 0.717) is 16.4 Å². The molecule has 0 saturated carbocycles. The highest BCUT2D eigenvalue weighted by molar-refractivity contribution is 6.32. The minimum Gasteiger partial charge on any atom is -0.478 e. The Balaban J connectivity index is 2.54. The number of carboxylic acids is 1. The van der Waals surface area contributed by atoms with Gasteiger partial charge in [-0.25, -0.2) is 9.48 Å². The van der Waals surface area contributed by atoms with Gasteiger partial charge in [0.25, 0.3) is 0 Å². The van der Waals surface area contributed by atoms with Gasteiger partial charge in [0.15, 0.2) is 0 Å². The molecule has 0 radical (unpaired) electrons. The molecular formula is C10H8ClN3O2. The van der Waals surface area contributed by atoms with E-state index in [2.05, 4.69) is 10.1 Å². The lowest BCUT2D eigenvalue weighted by molar-refractivity contribution is 0.0696. The lowest BCUT2D eigenvalue weighted by Gasteiger charge is -2.01. The lowest BCUT2D eigenvalue weighted by atomic mass is 10.3. The molecule has 2 heterocycles. The topological polar surface area (TPSA) is 68.0 Å². The first-order valence-electron chi connectivity index (χ1n) is 4.49. The molecule has 2 aromatic rings. The zero-order valence-electron chi connectivity index (χ0n) is 8.38. The average Bonchev–Trinajstić information content (AvgIpc) is 2.61. The third kappa shape index (κ3) is 1.77. The number of aryl methyl sites for hydroxylation is 1. The number of nitrogens with zero attached hydrogens (tertiary/aromatic N) is 3. The van der Waals surface area contributed by atoms with Gasteiger partial charge in [-0.3, -0.25) is 4.98 Å². The summed E-state index contributed by atoms with van der Waals surface area (Å²) in [5, 5.41) is 13.4. The molecule has 82 valence electrons. The summed E-state index contributed by atoms with van der Waals surface area (Å²) in [5.41, 5.74) is 1.21. The largest absolute Gasteiger partial charge is 0.478 e. The van der Waals surface area contributed by atoms with Crippen LogP contribution >= 0.6 is 11.6 Å². The van der Waals surface area contributed by atoms with Crippen LogP contribution in [0.4, 0.5) is 0 Å². The minimum absolute atomic E-state index is 0.160. The molecule has 0 aliphatic carbocycles. The second-order valence-corrected chi connectivity index (χ2v) is 3.61. The number of aromatic nitrogens is 3. The van der Waals surface area contributed by atoms with Crippen LogP contribution in [0.3, 0.4) is 0 Å². The van der Waals surface area contributed by atoms with Gasteiger partial charge in [-0.15, -0.1) is 0 Å². The highest BCUT2D eigenvalue weighted by atomic mass is 35.5. The predicted molar refractivity (Wildman–Crippen MR) is 58.1 cm³/mol. The molecule has 0 fully saturated rings. The lowest BCUT2D eigenvalue weighted by Crippen LogP contribution is -1.96. The third-order valence-corrected chi connectivity index (χ3v) is 2.42. The van der Waals surface area contributed by atoms with Crippen LogP contribution in [0.5, 0.6) is 0 Å². The van der Waals surface area contributed by atoms with Crippen LogP contribution in [0.15, 0.2) is 24.7 Å². The van der Waals surface area contributed by atoms with E-state index in [1.54, 1.807) is 19.2 Å². The van der Waals surface area contributed by atoms with Crippen molar-refractivity contribution in [1.82, 2.24) is 14.8 Å². The van der Waals surface area contributed by atoms with Crippen molar-refractivity contribution in [3.8, 4) is 5.69 Å². The molecule has 0 spiro atoms. The summed E-state index contributed by atoms with van der Waals surface area (Å²) < 4.78 is 1.43. The van der Waals surface area contributed by atoms with E-state index >= 15 is 0 Å². The molecule has 2 aromatic heterocycles. The van der Waals surface area contributed by atoms with Gasteiger partial charge in [-0.05, 0) is 13.0 Å². The van der Waals surface area contributed by atoms with Gasteiger partial charge in [-0.1, -0.05) is 11.6 Å². The van der Waals surface area contributed by atoms with Crippen molar-refractivity contribution < 1.29 is 9.90 Å². The maximum absolute atomic E-state index is 10.9. The minimum atomic E-state index is -1.01. The zero-order valence-corrected chi connectivity index (χ0v) is 9.14. The number of hydrogen-bond donors (Lipinski definition) is 1. The van der Waals surface area contributed by atoms with Crippen molar-refractivity contribution in [3.05, 3.63) is 40.9 Å². The van der Waals surface area contributed by atoms with Crippen molar-refractivity contribution in [2.45, 2.75) is 6.92 Å². The maximum atomic E-state index is 10.9. The Bertz CT molecular complexity index is 551. The molecule has 0 aliphatic heterocycles. The van der Waals surface area contributed by atoms with Crippen molar-refractivity contribution >= 4 is 17.6 Å². The van der Waals surface area contributed by atoms with E-state index in [1.807, 2.05) is 0 Å². The molecule has 0 amide bonds. The summed E-state index contributed by atoms with van der Waals surface area (Å²) in [6.45, 7) is 1.63. The second kappa shape index (κ2) is 3.94. The van der Waals surface area contributed by atoms with Crippen LogP contribution < -0.4 is 0 Å². The highest BCUT2D eigenvalue weighted by Gasteiger charge is 2.13. The molecular weight excluding hydrogens is 230 g/mol. The Labute approximate surface area is 96.3 Å². The van der Waals surface area contributed by atoms with E-state index in [-0.39, 0.29) is 5.56 Å². The summed E-state index contributed by atoms with van der Waals surface area (Å²) in [6, 6.07) is 1.67. The van der Waals surface area contributed by atoms with Crippen LogP contribution in [0.2, 0.25) is 5.02 Å². The van der Waals surface area contributed by atoms with Crippen molar-refractivity contribution in [3.63, 3.8) is 0 Å². The van der Waals surface area contributed by atoms with Gasteiger partial charge in [0, 0.05) is 18.6 Å². The Morgan fingerprint density at radius 2 is 2.31 bits per heavy atom. The molecule has 2 rings (SSSR count). The quantitative estimate of drug-likeness (QED) is 0.867. The van der Waals surface area contributed by atoms with E-state index in [0.717, 1.165) is 0 Å². The summed E-state index contributed by atoms with van der Waals surface area (Å²) >= 11 is 5.93. The molecule has 6 heteroatoms. The first kappa shape index (κ1) is 10.6. The molecule has 0 saturated heterocycles. The van der Waals surface area contributed by atoms with E-state index < -0.39 is 5.97 Å². The summed E-state index contributed by atoms with van der Waals surface area (Å²) in [4.78, 5) is 14.7. The van der Waals surface area contributed by atoms with Gasteiger partial charge in [0.05, 0.1) is 16.4 Å². The van der Waals surface area contributed by atoms with Crippen molar-refractivity contribution in [2.75, 3.05) is 0 Å². The Morgan fingerprint density at radius 1 is 1.56 bits per heavy atom. The summed E-state index contributed by atoms with van der Waals surface area (Å²) in [7, 11) is 0. The molecule has 5 nitrogen and oxygen atoms in total. The van der Waals surface area contributed by atoms with Crippen LogP contribution in [-0.2, 0) is 0 Å². The summed E-state index contributed by atoms with van der Waals surface area (Å²) in [6.07, 6.45) is 4.48. The Morgan fingerprint density at radius 3 is 2.88 bits per heavy atom. The van der Waals surface area contributed by atoms with Crippen LogP contribution in [-0.4, -0.2) is 25.8 Å². The van der Waals surface area contributed by atoms with Crippen LogP contribution in [0, 0.1) is 6.92 Å². The fraction of sp³-hybridized carbons (Fsp3) is 0.100. The van der Waals surface area contributed by atoms with Crippen molar-refractivity contribution in [1.29, 1.82) is 0 Å². The molecule has 0 aliphatic rings. The molecule has 0 unspecified atom stereocenters. The first-order valence-corrected chi connectivity index (χ1v) is 4.87. The van der Waals surface area contributed by atoms with Crippen molar-refractivity contribution in [2.24, 2.45) is 0 Å². The smallest absolute Gasteiger partial charge is 0.339 e. The molecule has 0 bridgehead atoms. The first-order chi connectivity index (χ1) is 7.59. The van der Waals surface area contributed by atoms with E-state index in [1.165, 1.54) is 17.1 Å². The predicted octanol–water partition coefficient (Wildman–Crippen LogP) is 1.93. The fourth-order valence-corrected chi connectivity index (χ4v) is 1.55. The highest BCUT2D eigenvalue weighted by Crippen LogP contribution is 2.19. The normalized spacial score (nSPS) is 10.4. The standard InChI is InChI=1S/C10H8ClN3O2/c1-6-7(10(15)16)5-14(13-6)9-2-3-12-4-8(9)11/h2-5H,1H3,(H,15,16). The van der Waals surface area contributed by atoms with Crippen LogP contribution in [0.1, 0.15) is 16.1 Å². The number of carbonyl (C=O) groups is 1. The summed E-state index contributed by atoms with van der Waals surface area (Å²) in [5.74, 6) is -1.01. The Hall–Kier alpha value is -1.88. The van der Waals surface area contributed by atoms with Gasteiger partial charge >= 0.3 is 5.97 Å². The Kier molecular flexibility index (Phi) is 2.62. The number of aromatic carboxylic acids is 1. The second-order valence-electron chi connectivity index (χ2n) is 3.20. The number of halogens is 1. The number of hydrogen-bond acceptors (Lipinski definition) is 3. The van der Waals surface area contributed by atoms with Gasteiger partial charge in [0.2, 0.25) is 0 Å². The van der Waals surface area contributed by atoms with Gasteiger partial charge < -0.3 is 5.11 Å². The average molecular weight is 238 g/mol. The molecule has 0 aromatic carbocycles. The number of pyridine rings is 1. The van der Waals surface area contributed by atoms with Gasteiger partial charge in [0.1, 0.15) is 5.56 Å². The third-order valence-electron chi connectivity index (χ3n) is 2.13. The van der Waals surface area contributed by atoms with Gasteiger partial charge in [-0.2, -0.15) is 5.10 Å². The maximum Gasteiger partial charge on any atom is 0.339 e. The number of rotatable bonds is 2. The SMILES string of the molecule is Cc1nn(-c2ccncc2Cl)cc1C(=O)O. The zero-order chi connectivity index (χ0) is 11.7. The molecule has 0 atom stereocenters. The molecule has 1 N–H and O–H groups in total. The number of carboxylic acid groups (broad SMARTS) is 1. The monoisotopic (exact) mass is 237 g/mol. The van der Waals surface area contributed by atoms with E-state index in [4.69, 9.17) is 16.7 Å². The van der Waals surface area contributed by atoms with Crippen LogP contribution in [0.25, 0.3) is 5.69 Å². The fourth-order valence-electron chi connectivity index (χ4n) is 1.35. The molecule has 16 heavy (non-hydrogen) atoms. The van der Waals surface area contributed by atoms with E-state index in [9.17, 15) is 4.79 Å².